The van der Waals surface area contributed by atoms with Crippen LogP contribution in [-0.4, -0.2) is 24.4 Å². The molecule has 2 aromatic carbocycles. The van der Waals surface area contributed by atoms with Gasteiger partial charge >= 0.3 is 0 Å². The molecule has 2 rings (SSSR count). The van der Waals surface area contributed by atoms with Gasteiger partial charge in [0.1, 0.15) is 0 Å². The predicted molar refractivity (Wildman–Crippen MR) is 111 cm³/mol. The first-order chi connectivity index (χ1) is 12.9. The minimum atomic E-state index is -0.117. The number of nitrogens with one attached hydrogen (secondary N) is 3. The fourth-order valence-corrected chi connectivity index (χ4v) is 2.75. The van der Waals surface area contributed by atoms with E-state index in [9.17, 15) is 9.59 Å². The maximum atomic E-state index is 12.4. The molecule has 0 bridgehead atoms. The second-order valence-electron chi connectivity index (χ2n) is 6.73. The van der Waals surface area contributed by atoms with Gasteiger partial charge in [-0.2, -0.15) is 0 Å². The fourth-order valence-electron chi connectivity index (χ4n) is 2.75. The number of carbonyl (C=O) groups excluding carboxylic acids is 2. The molecule has 0 spiro atoms. The first kappa shape index (κ1) is 20.5. The summed E-state index contributed by atoms with van der Waals surface area (Å²) in [4.78, 5) is 24.6. The Labute approximate surface area is 161 Å². The third-order valence-electron chi connectivity index (χ3n) is 4.57. The average Bonchev–Trinajstić information content (AvgIpc) is 2.68. The van der Waals surface area contributed by atoms with Crippen molar-refractivity contribution in [3.05, 3.63) is 59.2 Å². The molecular formula is C22H29N3O2. The van der Waals surface area contributed by atoms with Gasteiger partial charge in [-0.05, 0) is 56.0 Å². The Hall–Kier alpha value is -2.82. The number of aryl methyl sites for hydroxylation is 2. The Balaban J connectivity index is 1.98. The van der Waals surface area contributed by atoms with E-state index in [-0.39, 0.29) is 24.4 Å². The highest BCUT2D eigenvalue weighted by Gasteiger charge is 2.11. The molecular weight excluding hydrogens is 338 g/mol. The second kappa shape index (κ2) is 9.76. The Morgan fingerprint density at radius 2 is 1.81 bits per heavy atom. The molecule has 0 aliphatic rings. The summed E-state index contributed by atoms with van der Waals surface area (Å²) >= 11 is 0. The second-order valence-corrected chi connectivity index (χ2v) is 6.73. The lowest BCUT2D eigenvalue weighted by Crippen LogP contribution is -2.31. The van der Waals surface area contributed by atoms with Crippen molar-refractivity contribution >= 4 is 23.2 Å². The minimum Gasteiger partial charge on any atom is -0.376 e. The van der Waals surface area contributed by atoms with Crippen LogP contribution in [0.15, 0.2) is 42.5 Å². The van der Waals surface area contributed by atoms with Crippen LogP contribution in [0.25, 0.3) is 0 Å². The van der Waals surface area contributed by atoms with Crippen molar-refractivity contribution < 1.29 is 9.59 Å². The number of amides is 2. The van der Waals surface area contributed by atoms with Crippen molar-refractivity contribution in [1.82, 2.24) is 5.32 Å². The lowest BCUT2D eigenvalue weighted by molar-refractivity contribution is -0.114. The van der Waals surface area contributed by atoms with Gasteiger partial charge in [0.2, 0.25) is 5.91 Å². The number of hydrogen-bond acceptors (Lipinski definition) is 3. The van der Waals surface area contributed by atoms with E-state index >= 15 is 0 Å². The predicted octanol–water partition coefficient (Wildman–Crippen LogP) is 4.14. The van der Waals surface area contributed by atoms with E-state index in [1.54, 1.807) is 12.1 Å². The van der Waals surface area contributed by atoms with E-state index in [2.05, 4.69) is 22.9 Å². The molecule has 5 nitrogen and oxygen atoms in total. The Morgan fingerprint density at radius 3 is 2.52 bits per heavy atom. The van der Waals surface area contributed by atoms with Crippen LogP contribution in [0.5, 0.6) is 0 Å². The molecule has 0 heterocycles. The molecule has 0 aliphatic carbocycles. The third kappa shape index (κ3) is 5.84. The van der Waals surface area contributed by atoms with Crippen molar-refractivity contribution in [3.63, 3.8) is 0 Å². The maximum Gasteiger partial charge on any atom is 0.251 e. The largest absolute Gasteiger partial charge is 0.376 e. The van der Waals surface area contributed by atoms with Gasteiger partial charge in [-0.1, -0.05) is 38.1 Å². The van der Waals surface area contributed by atoms with Crippen molar-refractivity contribution in [3.8, 4) is 0 Å². The first-order valence-corrected chi connectivity index (χ1v) is 9.47. The highest BCUT2D eigenvalue weighted by atomic mass is 16.2. The number of benzene rings is 2. The molecule has 27 heavy (non-hydrogen) atoms. The van der Waals surface area contributed by atoms with E-state index in [0.717, 1.165) is 35.3 Å². The van der Waals surface area contributed by atoms with Gasteiger partial charge in [0.05, 0.1) is 6.54 Å². The van der Waals surface area contributed by atoms with Crippen LogP contribution >= 0.6 is 0 Å². The molecule has 1 atom stereocenters. The van der Waals surface area contributed by atoms with Gasteiger partial charge in [-0.25, -0.2) is 0 Å². The molecule has 0 aromatic heterocycles. The quantitative estimate of drug-likeness (QED) is 0.657. The highest BCUT2D eigenvalue weighted by Crippen LogP contribution is 2.21. The summed E-state index contributed by atoms with van der Waals surface area (Å²) in [7, 11) is 0. The topological polar surface area (TPSA) is 70.2 Å². The smallest absolute Gasteiger partial charge is 0.251 e. The van der Waals surface area contributed by atoms with E-state index < -0.39 is 0 Å². The molecule has 144 valence electrons. The minimum absolute atomic E-state index is 0.107. The van der Waals surface area contributed by atoms with Crippen molar-refractivity contribution in [1.29, 1.82) is 0 Å². The Morgan fingerprint density at radius 1 is 1.07 bits per heavy atom. The van der Waals surface area contributed by atoms with Crippen molar-refractivity contribution in [2.45, 2.75) is 46.6 Å². The molecule has 0 saturated carbocycles. The number of carbonyl (C=O) groups is 2. The van der Waals surface area contributed by atoms with E-state index in [1.807, 2.05) is 51.1 Å². The zero-order valence-corrected chi connectivity index (χ0v) is 16.6. The summed E-state index contributed by atoms with van der Waals surface area (Å²) in [6, 6.07) is 13.3. The van der Waals surface area contributed by atoms with Gasteiger partial charge < -0.3 is 16.0 Å². The van der Waals surface area contributed by atoms with Crippen molar-refractivity contribution in [2.75, 3.05) is 17.2 Å². The molecule has 5 heteroatoms. The summed E-state index contributed by atoms with van der Waals surface area (Å²) in [6.45, 7) is 8.19. The summed E-state index contributed by atoms with van der Waals surface area (Å²) in [5.74, 6) is -0.224. The normalized spacial score (nSPS) is 11.6. The van der Waals surface area contributed by atoms with Gasteiger partial charge in [0, 0.05) is 23.0 Å². The summed E-state index contributed by atoms with van der Waals surface area (Å²) < 4.78 is 0. The molecule has 2 amide bonds. The van der Waals surface area contributed by atoms with Crippen LogP contribution in [0.1, 0.15) is 48.7 Å². The summed E-state index contributed by atoms with van der Waals surface area (Å²) in [5, 5.41) is 9.03. The summed E-state index contributed by atoms with van der Waals surface area (Å²) in [6.07, 6.45) is 1.74. The van der Waals surface area contributed by atoms with Gasteiger partial charge in [-0.3, -0.25) is 9.59 Å². The lowest BCUT2D eigenvalue weighted by Gasteiger charge is -2.14. The number of para-hydroxylation sites is 1. The van der Waals surface area contributed by atoms with Crippen LogP contribution in [0.4, 0.5) is 11.4 Å². The van der Waals surface area contributed by atoms with E-state index in [1.165, 1.54) is 0 Å². The van der Waals surface area contributed by atoms with Crippen molar-refractivity contribution in [2.24, 2.45) is 0 Å². The van der Waals surface area contributed by atoms with E-state index in [0.29, 0.717) is 5.56 Å². The van der Waals surface area contributed by atoms with Gasteiger partial charge in [0.25, 0.3) is 5.91 Å². The van der Waals surface area contributed by atoms with Gasteiger partial charge in [0.15, 0.2) is 0 Å². The van der Waals surface area contributed by atoms with E-state index in [4.69, 9.17) is 0 Å². The van der Waals surface area contributed by atoms with Crippen LogP contribution in [-0.2, 0) is 11.2 Å². The fraction of sp³-hybridized carbons (Fsp3) is 0.364. The SMILES string of the molecule is CCc1cccc(C)c1NC(=O)CNc1cccc(C(=O)NC(C)CC)c1. The zero-order chi connectivity index (χ0) is 19.8. The standard InChI is InChI=1S/C22H29N3O2/c1-5-16(4)24-22(27)18-11-8-12-19(13-18)23-14-20(26)25-21-15(3)9-7-10-17(21)6-2/h7-13,16,23H,5-6,14H2,1-4H3,(H,24,27)(H,25,26). The lowest BCUT2D eigenvalue weighted by atomic mass is 10.1. The molecule has 0 fully saturated rings. The summed E-state index contributed by atoms with van der Waals surface area (Å²) in [5.41, 5.74) is 4.36. The van der Waals surface area contributed by atoms with Crippen LogP contribution < -0.4 is 16.0 Å². The van der Waals surface area contributed by atoms with Crippen LogP contribution in [0.2, 0.25) is 0 Å². The molecule has 0 saturated heterocycles. The van der Waals surface area contributed by atoms with Crippen LogP contribution in [0.3, 0.4) is 0 Å². The van der Waals surface area contributed by atoms with Crippen LogP contribution in [0, 0.1) is 6.92 Å². The molecule has 0 radical (unpaired) electrons. The average molecular weight is 367 g/mol. The number of anilines is 2. The molecule has 3 N–H and O–H groups in total. The molecule has 0 aliphatic heterocycles. The Kier molecular flexibility index (Phi) is 7.41. The maximum absolute atomic E-state index is 12.4. The number of rotatable bonds is 8. The first-order valence-electron chi connectivity index (χ1n) is 9.47. The number of hydrogen-bond donors (Lipinski definition) is 3. The third-order valence-corrected chi connectivity index (χ3v) is 4.57. The van der Waals surface area contributed by atoms with Gasteiger partial charge in [-0.15, -0.1) is 0 Å². The Bertz CT molecular complexity index is 802. The monoisotopic (exact) mass is 367 g/mol. The zero-order valence-electron chi connectivity index (χ0n) is 16.6. The highest BCUT2D eigenvalue weighted by molar-refractivity contribution is 5.97. The molecule has 2 aromatic rings. The molecule has 1 unspecified atom stereocenters.